The molecule has 0 bridgehead atoms. The third kappa shape index (κ3) is 8.06. The van der Waals surface area contributed by atoms with E-state index in [1.54, 1.807) is 0 Å². The Morgan fingerprint density at radius 2 is 1.62 bits per heavy atom. The van der Waals surface area contributed by atoms with E-state index in [2.05, 4.69) is 44.5 Å². The van der Waals surface area contributed by atoms with Crippen LogP contribution in [0.15, 0.2) is 36.4 Å². The van der Waals surface area contributed by atoms with Gasteiger partial charge in [0.2, 0.25) is 0 Å². The molecule has 0 unspecified atom stereocenters. The maximum Gasteiger partial charge on any atom is 0.433 e. The Morgan fingerprint density at radius 1 is 0.949 bits per heavy atom. The zero-order chi connectivity index (χ0) is 28.0. The zero-order valence-corrected chi connectivity index (χ0v) is 23.3. The Kier molecular flexibility index (Phi) is 9.35. The van der Waals surface area contributed by atoms with Crippen molar-refractivity contribution in [2.45, 2.75) is 64.0 Å². The Bertz CT molecular complexity index is 1040. The van der Waals surface area contributed by atoms with Crippen LogP contribution in [0.25, 0.3) is 0 Å². The van der Waals surface area contributed by atoms with Gasteiger partial charge >= 0.3 is 12.2 Å². The number of amides is 2. The second-order valence-electron chi connectivity index (χ2n) is 11.6. The van der Waals surface area contributed by atoms with Gasteiger partial charge in [0.25, 0.3) is 0 Å². The molecule has 7 nitrogen and oxygen atoms in total. The van der Waals surface area contributed by atoms with Crippen LogP contribution in [-0.2, 0) is 11.6 Å². The van der Waals surface area contributed by atoms with Gasteiger partial charge in [-0.15, -0.1) is 0 Å². The van der Waals surface area contributed by atoms with Crippen molar-refractivity contribution in [1.29, 1.82) is 0 Å². The minimum absolute atomic E-state index is 0.0211. The number of anilines is 1. The highest BCUT2D eigenvalue weighted by atomic mass is 19.4. The smallest absolute Gasteiger partial charge is 0.354 e. The van der Waals surface area contributed by atoms with Gasteiger partial charge in [-0.1, -0.05) is 51.1 Å². The summed E-state index contributed by atoms with van der Waals surface area (Å²) in [6.07, 6.45) is -0.674. The number of piperazine rings is 1. The second-order valence-corrected chi connectivity index (χ2v) is 11.6. The van der Waals surface area contributed by atoms with E-state index in [9.17, 15) is 18.0 Å². The molecule has 3 heterocycles. The first-order valence-electron chi connectivity index (χ1n) is 14.0. The molecule has 1 aromatic heterocycles. The van der Waals surface area contributed by atoms with E-state index in [0.717, 1.165) is 64.5 Å². The number of nitrogens with zero attached hydrogens (tertiary/aromatic N) is 5. The largest absolute Gasteiger partial charge is 0.433 e. The molecule has 2 aromatic rings. The number of aromatic nitrogens is 2. The highest BCUT2D eigenvalue weighted by Gasteiger charge is 2.36. The van der Waals surface area contributed by atoms with Gasteiger partial charge in [0, 0.05) is 57.3 Å². The fourth-order valence-corrected chi connectivity index (χ4v) is 5.19. The van der Waals surface area contributed by atoms with Crippen molar-refractivity contribution < 1.29 is 18.0 Å². The number of carbonyl (C=O) groups is 1. The first-order chi connectivity index (χ1) is 18.5. The highest BCUT2D eigenvalue weighted by molar-refractivity contribution is 5.74. The molecule has 0 radical (unpaired) electrons. The van der Waals surface area contributed by atoms with Crippen LogP contribution in [0, 0.1) is 0 Å². The number of nitrogens with one attached hydrogen (secondary N) is 1. The van der Waals surface area contributed by atoms with Gasteiger partial charge in [0.1, 0.15) is 17.3 Å². The molecule has 0 aliphatic carbocycles. The van der Waals surface area contributed by atoms with Crippen LogP contribution in [0.2, 0.25) is 0 Å². The van der Waals surface area contributed by atoms with E-state index in [0.29, 0.717) is 31.4 Å². The maximum atomic E-state index is 13.5. The Balaban J connectivity index is 1.15. The van der Waals surface area contributed by atoms with Gasteiger partial charge in [0.15, 0.2) is 0 Å². The van der Waals surface area contributed by atoms with Crippen LogP contribution < -0.4 is 10.2 Å². The Labute approximate surface area is 229 Å². The molecule has 1 aromatic carbocycles. The molecule has 0 saturated carbocycles. The van der Waals surface area contributed by atoms with Crippen LogP contribution in [0.4, 0.5) is 23.8 Å². The molecule has 10 heteroatoms. The molecular weight excluding hydrogens is 505 g/mol. The minimum Gasteiger partial charge on any atom is -0.354 e. The van der Waals surface area contributed by atoms with Gasteiger partial charge in [-0.25, -0.2) is 14.8 Å². The fourth-order valence-electron chi connectivity index (χ4n) is 5.19. The summed E-state index contributed by atoms with van der Waals surface area (Å²) in [5.74, 6) is 1.08. The summed E-state index contributed by atoms with van der Waals surface area (Å²) in [5, 5.41) is 3.06. The number of benzene rings is 1. The number of carbonyl (C=O) groups excluding carboxylic acids is 1. The summed E-state index contributed by atoms with van der Waals surface area (Å²) in [7, 11) is 0. The number of urea groups is 1. The average molecular weight is 547 g/mol. The molecule has 214 valence electrons. The maximum absolute atomic E-state index is 13.5. The molecule has 2 amide bonds. The molecule has 1 N–H and O–H groups in total. The number of halogens is 3. The predicted molar refractivity (Wildman–Crippen MR) is 147 cm³/mol. The number of unbranched alkanes of at least 4 members (excludes halogenated alkanes) is 1. The van der Waals surface area contributed by atoms with E-state index >= 15 is 0 Å². The topological polar surface area (TPSA) is 64.6 Å². The van der Waals surface area contributed by atoms with Gasteiger partial charge in [0.05, 0.1) is 0 Å². The van der Waals surface area contributed by atoms with Gasteiger partial charge in [-0.2, -0.15) is 13.2 Å². The van der Waals surface area contributed by atoms with E-state index in [-0.39, 0.29) is 11.9 Å². The quantitative estimate of drug-likeness (QED) is 0.479. The normalized spacial score (nSPS) is 17.9. The number of piperidine rings is 1. The SMILES string of the molecule is CC(C)(C)c1nc(N2CCN(CCCCNC(=O)N3CCC(c4ccccc4)CC3)CC2)cc(C(F)(F)F)n1. The molecule has 2 aliphatic rings. The Hall–Kier alpha value is -2.88. The summed E-state index contributed by atoms with van der Waals surface area (Å²) in [6, 6.07) is 11.6. The predicted octanol–water partition coefficient (Wildman–Crippen LogP) is 5.28. The third-order valence-corrected chi connectivity index (χ3v) is 7.60. The molecule has 0 spiro atoms. The zero-order valence-electron chi connectivity index (χ0n) is 23.3. The van der Waals surface area contributed by atoms with Crippen molar-refractivity contribution in [3.8, 4) is 0 Å². The van der Waals surface area contributed by atoms with Crippen molar-refractivity contribution in [3.63, 3.8) is 0 Å². The lowest BCUT2D eigenvalue weighted by molar-refractivity contribution is -0.141. The van der Waals surface area contributed by atoms with Crippen LogP contribution in [-0.4, -0.2) is 78.2 Å². The first-order valence-corrected chi connectivity index (χ1v) is 14.0. The van der Waals surface area contributed by atoms with Crippen LogP contribution in [0.1, 0.15) is 69.5 Å². The number of likely N-dealkylation sites (tertiary alicyclic amines) is 1. The van der Waals surface area contributed by atoms with Crippen molar-refractivity contribution in [2.24, 2.45) is 0 Å². The average Bonchev–Trinajstić information content (AvgIpc) is 2.92. The number of alkyl halides is 3. The lowest BCUT2D eigenvalue weighted by atomic mass is 9.90. The van der Waals surface area contributed by atoms with Crippen molar-refractivity contribution in [1.82, 2.24) is 25.1 Å². The van der Waals surface area contributed by atoms with Gasteiger partial charge < -0.3 is 15.1 Å². The lowest BCUT2D eigenvalue weighted by Gasteiger charge is -2.36. The molecular formula is C29H41F3N6O. The minimum atomic E-state index is -4.51. The summed E-state index contributed by atoms with van der Waals surface area (Å²) in [6.45, 7) is 11.3. The van der Waals surface area contributed by atoms with E-state index in [4.69, 9.17) is 0 Å². The van der Waals surface area contributed by atoms with E-state index < -0.39 is 17.3 Å². The van der Waals surface area contributed by atoms with Gasteiger partial charge in [-0.05, 0) is 43.7 Å². The highest BCUT2D eigenvalue weighted by Crippen LogP contribution is 2.32. The van der Waals surface area contributed by atoms with Crippen LogP contribution in [0.3, 0.4) is 0 Å². The first kappa shape index (κ1) is 29.1. The molecule has 2 saturated heterocycles. The fraction of sp³-hybridized carbons (Fsp3) is 0.621. The van der Waals surface area contributed by atoms with Crippen LogP contribution in [0.5, 0.6) is 0 Å². The second kappa shape index (κ2) is 12.5. The van der Waals surface area contributed by atoms with Gasteiger partial charge in [-0.3, -0.25) is 4.90 Å². The third-order valence-electron chi connectivity index (χ3n) is 7.60. The summed E-state index contributed by atoms with van der Waals surface area (Å²) < 4.78 is 40.4. The number of hydrogen-bond acceptors (Lipinski definition) is 5. The van der Waals surface area contributed by atoms with Crippen LogP contribution >= 0.6 is 0 Å². The van der Waals surface area contributed by atoms with Crippen molar-refractivity contribution in [2.75, 3.05) is 57.3 Å². The summed E-state index contributed by atoms with van der Waals surface area (Å²) >= 11 is 0. The summed E-state index contributed by atoms with van der Waals surface area (Å²) in [4.78, 5) is 27.0. The molecule has 39 heavy (non-hydrogen) atoms. The summed E-state index contributed by atoms with van der Waals surface area (Å²) in [5.41, 5.74) is -0.107. The standard InChI is InChI=1S/C29H41F3N6O/c1-28(2,3)26-34-24(29(30,31)32)21-25(35-26)37-19-17-36(18-20-37)14-8-7-13-33-27(39)38-15-11-23(12-16-38)22-9-5-4-6-10-22/h4-6,9-10,21,23H,7-8,11-20H2,1-3H3,(H,33,39). The van der Waals surface area contributed by atoms with Crippen molar-refractivity contribution >= 4 is 11.8 Å². The lowest BCUT2D eigenvalue weighted by Crippen LogP contribution is -2.47. The number of rotatable bonds is 7. The monoisotopic (exact) mass is 546 g/mol. The van der Waals surface area contributed by atoms with E-state index in [1.165, 1.54) is 5.56 Å². The van der Waals surface area contributed by atoms with Crippen molar-refractivity contribution in [3.05, 3.63) is 53.5 Å². The molecule has 2 aliphatic heterocycles. The molecule has 4 rings (SSSR count). The van der Waals surface area contributed by atoms with E-state index in [1.807, 2.05) is 36.6 Å². The Morgan fingerprint density at radius 3 is 2.23 bits per heavy atom. The molecule has 2 fully saturated rings. The number of hydrogen-bond donors (Lipinski definition) is 1. The molecule has 0 atom stereocenters.